The number of nitrogens with zero attached hydrogens (tertiary/aromatic N) is 1. The summed E-state index contributed by atoms with van der Waals surface area (Å²) in [5, 5.41) is 2.17. The smallest absolute Gasteiger partial charge is 0.185 e. The zero-order valence-corrected chi connectivity index (χ0v) is 12.2. The number of methoxy groups -OCH3 is 1. The van der Waals surface area contributed by atoms with E-state index in [4.69, 9.17) is 4.74 Å². The summed E-state index contributed by atoms with van der Waals surface area (Å²) in [6.07, 6.45) is 6.60. The van der Waals surface area contributed by atoms with E-state index in [0.29, 0.717) is 5.56 Å². The molecule has 1 heterocycles. The zero-order valence-electron chi connectivity index (χ0n) is 12.2. The minimum absolute atomic E-state index is 0.0580. The van der Waals surface area contributed by atoms with Crippen molar-refractivity contribution in [2.45, 2.75) is 0 Å². The maximum atomic E-state index is 12.2. The van der Waals surface area contributed by atoms with Gasteiger partial charge in [-0.15, -0.1) is 0 Å². The average molecular weight is 289 g/mol. The molecule has 3 heteroatoms. The van der Waals surface area contributed by atoms with E-state index in [0.717, 1.165) is 22.1 Å². The number of ether oxygens (including phenoxy) is 1. The summed E-state index contributed by atoms with van der Waals surface area (Å²) in [7, 11) is 1.63. The van der Waals surface area contributed by atoms with E-state index in [1.807, 2.05) is 42.5 Å². The average Bonchev–Trinajstić information content (AvgIpc) is 2.60. The molecule has 0 spiro atoms. The van der Waals surface area contributed by atoms with E-state index in [-0.39, 0.29) is 5.78 Å². The minimum Gasteiger partial charge on any atom is -0.496 e. The number of benzene rings is 2. The van der Waals surface area contributed by atoms with E-state index < -0.39 is 0 Å². The third-order valence-corrected chi connectivity index (χ3v) is 3.52. The number of fused-ring (bicyclic) bond motifs is 1. The molecule has 0 radical (unpaired) electrons. The highest BCUT2D eigenvalue weighted by Crippen LogP contribution is 2.29. The largest absolute Gasteiger partial charge is 0.496 e. The Morgan fingerprint density at radius 3 is 2.59 bits per heavy atom. The van der Waals surface area contributed by atoms with Gasteiger partial charge in [-0.05, 0) is 41.1 Å². The van der Waals surface area contributed by atoms with Gasteiger partial charge >= 0.3 is 0 Å². The summed E-state index contributed by atoms with van der Waals surface area (Å²) >= 11 is 0. The first-order valence-corrected chi connectivity index (χ1v) is 6.98. The topological polar surface area (TPSA) is 39.2 Å². The van der Waals surface area contributed by atoms with Gasteiger partial charge in [0.15, 0.2) is 5.78 Å². The number of rotatable bonds is 4. The maximum Gasteiger partial charge on any atom is 0.185 e. The number of ketones is 1. The number of hydrogen-bond donors (Lipinski definition) is 0. The van der Waals surface area contributed by atoms with Crippen LogP contribution in [0.3, 0.4) is 0 Å². The normalized spacial score (nSPS) is 11.0. The Bertz CT molecular complexity index is 838. The molecule has 0 aliphatic carbocycles. The molecule has 0 bridgehead atoms. The Morgan fingerprint density at radius 2 is 1.82 bits per heavy atom. The third kappa shape index (κ3) is 2.74. The Labute approximate surface area is 128 Å². The van der Waals surface area contributed by atoms with Crippen LogP contribution in [0.2, 0.25) is 0 Å². The SMILES string of the molecule is COc1ccc2ccccc2c1C=CC(=O)c1ccncc1. The minimum atomic E-state index is -0.0580. The monoisotopic (exact) mass is 289 g/mol. The number of allylic oxidation sites excluding steroid dienone is 1. The van der Waals surface area contributed by atoms with Gasteiger partial charge in [0.05, 0.1) is 7.11 Å². The lowest BCUT2D eigenvalue weighted by atomic mass is 10.0. The Kier molecular flexibility index (Phi) is 3.97. The van der Waals surface area contributed by atoms with E-state index in [1.165, 1.54) is 0 Å². The summed E-state index contributed by atoms with van der Waals surface area (Å²) in [5.74, 6) is 0.690. The van der Waals surface area contributed by atoms with Gasteiger partial charge in [0.1, 0.15) is 5.75 Å². The van der Waals surface area contributed by atoms with Crippen LogP contribution in [-0.2, 0) is 0 Å². The molecule has 0 aliphatic heterocycles. The van der Waals surface area contributed by atoms with Crippen LogP contribution in [-0.4, -0.2) is 17.9 Å². The standard InChI is InChI=1S/C19H15NO2/c1-22-19-9-6-14-4-2-3-5-16(14)17(19)7-8-18(21)15-10-12-20-13-11-15/h2-13H,1H3. The predicted molar refractivity (Wildman–Crippen MR) is 88.1 cm³/mol. The first kappa shape index (κ1) is 14.0. The summed E-state index contributed by atoms with van der Waals surface area (Å²) in [6.45, 7) is 0. The fourth-order valence-corrected chi connectivity index (χ4v) is 2.40. The van der Waals surface area contributed by atoms with Gasteiger partial charge in [-0.1, -0.05) is 30.3 Å². The van der Waals surface area contributed by atoms with Gasteiger partial charge < -0.3 is 4.74 Å². The lowest BCUT2D eigenvalue weighted by Gasteiger charge is -2.08. The van der Waals surface area contributed by atoms with Crippen molar-refractivity contribution in [2.75, 3.05) is 7.11 Å². The van der Waals surface area contributed by atoms with Crippen LogP contribution in [0.4, 0.5) is 0 Å². The molecule has 1 aromatic heterocycles. The van der Waals surface area contributed by atoms with E-state index in [1.54, 1.807) is 37.7 Å². The molecular weight excluding hydrogens is 274 g/mol. The molecule has 3 rings (SSSR count). The zero-order chi connectivity index (χ0) is 15.4. The Morgan fingerprint density at radius 1 is 1.05 bits per heavy atom. The molecular formula is C19H15NO2. The molecule has 3 nitrogen and oxygen atoms in total. The van der Waals surface area contributed by atoms with Crippen molar-refractivity contribution in [1.29, 1.82) is 0 Å². The second-order valence-corrected chi connectivity index (χ2v) is 4.84. The molecule has 0 N–H and O–H groups in total. The van der Waals surface area contributed by atoms with Crippen molar-refractivity contribution in [1.82, 2.24) is 4.98 Å². The highest BCUT2D eigenvalue weighted by atomic mass is 16.5. The molecule has 22 heavy (non-hydrogen) atoms. The van der Waals surface area contributed by atoms with Gasteiger partial charge in [-0.3, -0.25) is 9.78 Å². The number of hydrogen-bond acceptors (Lipinski definition) is 3. The van der Waals surface area contributed by atoms with Crippen molar-refractivity contribution in [3.8, 4) is 5.75 Å². The molecule has 0 saturated heterocycles. The fourth-order valence-electron chi connectivity index (χ4n) is 2.40. The summed E-state index contributed by atoms with van der Waals surface area (Å²) in [6, 6.07) is 15.4. The predicted octanol–water partition coefficient (Wildman–Crippen LogP) is 4.14. The van der Waals surface area contributed by atoms with E-state index >= 15 is 0 Å². The van der Waals surface area contributed by atoms with Crippen molar-refractivity contribution >= 4 is 22.6 Å². The highest BCUT2D eigenvalue weighted by Gasteiger charge is 2.06. The second kappa shape index (κ2) is 6.22. The van der Waals surface area contributed by atoms with Crippen LogP contribution in [0.15, 0.2) is 67.0 Å². The van der Waals surface area contributed by atoms with Crippen molar-refractivity contribution in [3.05, 3.63) is 78.1 Å². The van der Waals surface area contributed by atoms with Gasteiger partial charge in [0.25, 0.3) is 0 Å². The van der Waals surface area contributed by atoms with Crippen LogP contribution in [0.5, 0.6) is 5.75 Å². The van der Waals surface area contributed by atoms with Crippen LogP contribution in [0.1, 0.15) is 15.9 Å². The Balaban J connectivity index is 2.02. The molecule has 0 fully saturated rings. The van der Waals surface area contributed by atoms with Crippen LogP contribution >= 0.6 is 0 Å². The number of pyridine rings is 1. The lowest BCUT2D eigenvalue weighted by Crippen LogP contribution is -1.94. The molecule has 0 atom stereocenters. The number of carbonyl (C=O) groups is 1. The third-order valence-electron chi connectivity index (χ3n) is 3.52. The second-order valence-electron chi connectivity index (χ2n) is 4.84. The number of carbonyl (C=O) groups excluding carboxylic acids is 1. The molecule has 0 amide bonds. The van der Waals surface area contributed by atoms with Crippen molar-refractivity contribution in [2.24, 2.45) is 0 Å². The van der Waals surface area contributed by atoms with E-state index in [9.17, 15) is 4.79 Å². The highest BCUT2D eigenvalue weighted by molar-refractivity contribution is 6.08. The molecule has 0 unspecified atom stereocenters. The summed E-state index contributed by atoms with van der Waals surface area (Å²) in [4.78, 5) is 16.1. The number of aromatic nitrogens is 1. The van der Waals surface area contributed by atoms with Crippen molar-refractivity contribution in [3.63, 3.8) is 0 Å². The van der Waals surface area contributed by atoms with Crippen LogP contribution in [0, 0.1) is 0 Å². The van der Waals surface area contributed by atoms with Gasteiger partial charge in [-0.2, -0.15) is 0 Å². The summed E-state index contributed by atoms with van der Waals surface area (Å²) < 4.78 is 5.42. The van der Waals surface area contributed by atoms with Gasteiger partial charge in [0, 0.05) is 23.5 Å². The quantitative estimate of drug-likeness (QED) is 0.535. The van der Waals surface area contributed by atoms with Gasteiger partial charge in [-0.25, -0.2) is 0 Å². The fraction of sp³-hybridized carbons (Fsp3) is 0.0526. The molecule has 2 aromatic carbocycles. The molecule has 0 aliphatic rings. The molecule has 108 valence electrons. The van der Waals surface area contributed by atoms with Gasteiger partial charge in [0.2, 0.25) is 0 Å². The van der Waals surface area contributed by atoms with Crippen LogP contribution in [0.25, 0.3) is 16.8 Å². The molecule has 3 aromatic rings. The Hall–Kier alpha value is -2.94. The van der Waals surface area contributed by atoms with E-state index in [2.05, 4.69) is 4.98 Å². The summed E-state index contributed by atoms with van der Waals surface area (Å²) in [5.41, 5.74) is 1.52. The lowest BCUT2D eigenvalue weighted by molar-refractivity contribution is 0.104. The van der Waals surface area contributed by atoms with Crippen molar-refractivity contribution < 1.29 is 9.53 Å². The molecule has 0 saturated carbocycles. The maximum absolute atomic E-state index is 12.2. The first-order chi connectivity index (χ1) is 10.8. The first-order valence-electron chi connectivity index (χ1n) is 6.98. The van der Waals surface area contributed by atoms with Crippen LogP contribution < -0.4 is 4.74 Å².